The van der Waals surface area contributed by atoms with Crippen LogP contribution < -0.4 is 14.8 Å². The van der Waals surface area contributed by atoms with E-state index < -0.39 is 5.91 Å². The Morgan fingerprint density at radius 1 is 1.21 bits per heavy atom. The van der Waals surface area contributed by atoms with Crippen LogP contribution in [-0.2, 0) is 6.54 Å². The molecule has 0 saturated heterocycles. The third-order valence-corrected chi connectivity index (χ3v) is 4.11. The summed E-state index contributed by atoms with van der Waals surface area (Å²) in [6.45, 7) is 0.301. The SMILES string of the molecule is COc1ccc(CNC(=O)c2nnc(-c3cccs3)o2)cc1OC. The van der Waals surface area contributed by atoms with Gasteiger partial charge in [0, 0.05) is 6.54 Å². The summed E-state index contributed by atoms with van der Waals surface area (Å²) in [6, 6.07) is 9.14. The van der Waals surface area contributed by atoms with Gasteiger partial charge in [-0.1, -0.05) is 12.1 Å². The molecule has 0 atom stereocenters. The van der Waals surface area contributed by atoms with Gasteiger partial charge in [0.1, 0.15) is 0 Å². The normalized spacial score (nSPS) is 10.4. The van der Waals surface area contributed by atoms with Crippen molar-refractivity contribution in [3.8, 4) is 22.3 Å². The number of aromatic nitrogens is 2. The molecule has 0 aliphatic heterocycles. The Morgan fingerprint density at radius 3 is 2.75 bits per heavy atom. The lowest BCUT2D eigenvalue weighted by Gasteiger charge is -2.09. The molecule has 7 nitrogen and oxygen atoms in total. The highest BCUT2D eigenvalue weighted by Crippen LogP contribution is 2.27. The van der Waals surface area contributed by atoms with Crippen molar-refractivity contribution in [3.63, 3.8) is 0 Å². The van der Waals surface area contributed by atoms with Crippen molar-refractivity contribution in [2.24, 2.45) is 0 Å². The molecule has 124 valence electrons. The average Bonchev–Trinajstić information content (AvgIpc) is 3.30. The van der Waals surface area contributed by atoms with Crippen molar-refractivity contribution in [1.82, 2.24) is 15.5 Å². The van der Waals surface area contributed by atoms with Crippen LogP contribution in [0.25, 0.3) is 10.8 Å². The molecular weight excluding hydrogens is 330 g/mol. The highest BCUT2D eigenvalue weighted by atomic mass is 32.1. The van der Waals surface area contributed by atoms with Gasteiger partial charge >= 0.3 is 11.8 Å². The number of hydrogen-bond acceptors (Lipinski definition) is 7. The molecule has 1 aromatic carbocycles. The molecule has 0 spiro atoms. The fraction of sp³-hybridized carbons (Fsp3) is 0.188. The molecule has 0 bridgehead atoms. The van der Waals surface area contributed by atoms with E-state index in [9.17, 15) is 4.79 Å². The van der Waals surface area contributed by atoms with Gasteiger partial charge in [0.25, 0.3) is 5.89 Å². The number of ether oxygens (including phenoxy) is 2. The predicted octanol–water partition coefficient (Wildman–Crippen LogP) is 2.75. The largest absolute Gasteiger partial charge is 0.493 e. The Morgan fingerprint density at radius 2 is 2.04 bits per heavy atom. The van der Waals surface area contributed by atoms with Crippen molar-refractivity contribution in [2.45, 2.75) is 6.54 Å². The number of hydrogen-bond donors (Lipinski definition) is 1. The number of amides is 1. The van der Waals surface area contributed by atoms with Gasteiger partial charge in [-0.15, -0.1) is 21.5 Å². The maximum Gasteiger partial charge on any atom is 0.309 e. The molecule has 0 saturated carbocycles. The van der Waals surface area contributed by atoms with E-state index in [2.05, 4.69) is 15.5 Å². The Bertz CT molecular complexity index is 830. The van der Waals surface area contributed by atoms with Crippen LogP contribution >= 0.6 is 11.3 Å². The maximum absolute atomic E-state index is 12.1. The average molecular weight is 345 g/mol. The first-order valence-electron chi connectivity index (χ1n) is 7.07. The second-order valence-electron chi connectivity index (χ2n) is 4.76. The van der Waals surface area contributed by atoms with Gasteiger partial charge in [0.05, 0.1) is 19.1 Å². The Kier molecular flexibility index (Phi) is 4.76. The molecule has 24 heavy (non-hydrogen) atoms. The first-order valence-corrected chi connectivity index (χ1v) is 7.95. The van der Waals surface area contributed by atoms with Crippen molar-refractivity contribution in [1.29, 1.82) is 0 Å². The number of methoxy groups -OCH3 is 2. The number of carbonyl (C=O) groups is 1. The zero-order valence-corrected chi connectivity index (χ0v) is 13.9. The van der Waals surface area contributed by atoms with Crippen LogP contribution in [-0.4, -0.2) is 30.3 Å². The summed E-state index contributed by atoms with van der Waals surface area (Å²) in [4.78, 5) is 12.9. The zero-order chi connectivity index (χ0) is 16.9. The molecule has 0 aliphatic rings. The zero-order valence-electron chi connectivity index (χ0n) is 13.1. The van der Waals surface area contributed by atoms with Crippen LogP contribution in [0, 0.1) is 0 Å². The van der Waals surface area contributed by atoms with Gasteiger partial charge in [0.2, 0.25) is 0 Å². The molecule has 0 aliphatic carbocycles. The first kappa shape index (κ1) is 16.0. The minimum atomic E-state index is -0.430. The molecule has 0 radical (unpaired) electrons. The molecule has 8 heteroatoms. The fourth-order valence-electron chi connectivity index (χ4n) is 2.06. The Balaban J connectivity index is 1.65. The summed E-state index contributed by atoms with van der Waals surface area (Å²) in [5.74, 6) is 1.06. The van der Waals surface area contributed by atoms with Crippen LogP contribution in [0.5, 0.6) is 11.5 Å². The van der Waals surface area contributed by atoms with Gasteiger partial charge in [-0.3, -0.25) is 4.79 Å². The van der Waals surface area contributed by atoms with Crippen LogP contribution in [0.3, 0.4) is 0 Å². The number of thiophene rings is 1. The van der Waals surface area contributed by atoms with E-state index in [0.717, 1.165) is 10.4 Å². The number of nitrogens with one attached hydrogen (secondary N) is 1. The van der Waals surface area contributed by atoms with Gasteiger partial charge in [-0.2, -0.15) is 0 Å². The third kappa shape index (κ3) is 3.38. The van der Waals surface area contributed by atoms with E-state index in [1.807, 2.05) is 23.6 Å². The molecule has 3 rings (SSSR count). The summed E-state index contributed by atoms with van der Waals surface area (Å²) in [7, 11) is 3.13. The maximum atomic E-state index is 12.1. The Labute approximate surface area is 142 Å². The lowest BCUT2D eigenvalue weighted by Crippen LogP contribution is -2.23. The molecule has 0 unspecified atom stereocenters. The third-order valence-electron chi connectivity index (χ3n) is 3.25. The van der Waals surface area contributed by atoms with Crippen molar-refractivity contribution < 1.29 is 18.7 Å². The van der Waals surface area contributed by atoms with Crippen LogP contribution in [0.4, 0.5) is 0 Å². The van der Waals surface area contributed by atoms with Gasteiger partial charge in [-0.05, 0) is 29.1 Å². The lowest BCUT2D eigenvalue weighted by atomic mass is 10.2. The number of nitrogens with zero attached hydrogens (tertiary/aromatic N) is 2. The van der Waals surface area contributed by atoms with Gasteiger partial charge in [-0.25, -0.2) is 0 Å². The quantitative estimate of drug-likeness (QED) is 0.739. The summed E-state index contributed by atoms with van der Waals surface area (Å²) >= 11 is 1.47. The van der Waals surface area contributed by atoms with Crippen molar-refractivity contribution in [2.75, 3.05) is 14.2 Å². The van der Waals surface area contributed by atoms with Gasteiger partial charge < -0.3 is 19.2 Å². The van der Waals surface area contributed by atoms with E-state index >= 15 is 0 Å². The highest BCUT2D eigenvalue weighted by molar-refractivity contribution is 7.13. The first-order chi connectivity index (χ1) is 11.7. The standard InChI is InChI=1S/C16H15N3O4S/c1-21-11-6-5-10(8-12(11)22-2)9-17-14(20)16-19-18-15(23-16)13-4-3-7-24-13/h3-8H,9H2,1-2H3,(H,17,20). The summed E-state index contributed by atoms with van der Waals surface area (Å²) in [6.07, 6.45) is 0. The van der Waals surface area contributed by atoms with Crippen LogP contribution in [0.2, 0.25) is 0 Å². The van der Waals surface area contributed by atoms with Crippen molar-refractivity contribution >= 4 is 17.2 Å². The molecule has 0 fully saturated rings. The van der Waals surface area contributed by atoms with Crippen LogP contribution in [0.1, 0.15) is 16.2 Å². The molecule has 3 aromatic rings. The Hall–Kier alpha value is -2.87. The molecule has 1 amide bonds. The van der Waals surface area contributed by atoms with E-state index in [1.54, 1.807) is 26.4 Å². The predicted molar refractivity (Wildman–Crippen MR) is 88.3 cm³/mol. The number of benzene rings is 1. The van der Waals surface area contributed by atoms with E-state index in [1.165, 1.54) is 11.3 Å². The fourth-order valence-corrected chi connectivity index (χ4v) is 2.71. The second-order valence-corrected chi connectivity index (χ2v) is 5.71. The monoisotopic (exact) mass is 345 g/mol. The lowest BCUT2D eigenvalue weighted by molar-refractivity contribution is 0.0917. The van der Waals surface area contributed by atoms with Gasteiger partial charge in [0.15, 0.2) is 11.5 Å². The summed E-state index contributed by atoms with van der Waals surface area (Å²) in [5.41, 5.74) is 0.860. The second kappa shape index (κ2) is 7.14. The van der Waals surface area contributed by atoms with E-state index in [-0.39, 0.29) is 5.89 Å². The minimum absolute atomic E-state index is 0.0705. The van der Waals surface area contributed by atoms with Crippen molar-refractivity contribution in [3.05, 3.63) is 47.2 Å². The number of rotatable bonds is 6. The number of carbonyl (C=O) groups excluding carboxylic acids is 1. The molecule has 2 aromatic heterocycles. The molecular formula is C16H15N3O4S. The topological polar surface area (TPSA) is 86.5 Å². The highest BCUT2D eigenvalue weighted by Gasteiger charge is 2.16. The summed E-state index contributed by atoms with van der Waals surface area (Å²) in [5, 5.41) is 12.3. The molecule has 1 N–H and O–H groups in total. The van der Waals surface area contributed by atoms with E-state index in [4.69, 9.17) is 13.9 Å². The minimum Gasteiger partial charge on any atom is -0.493 e. The molecule has 2 heterocycles. The summed E-state index contributed by atoms with van der Waals surface area (Å²) < 4.78 is 15.8. The van der Waals surface area contributed by atoms with E-state index in [0.29, 0.717) is 23.9 Å². The smallest absolute Gasteiger partial charge is 0.309 e. The van der Waals surface area contributed by atoms with Crippen LogP contribution in [0.15, 0.2) is 40.1 Å².